The van der Waals surface area contributed by atoms with E-state index in [0.29, 0.717) is 12.8 Å². The first-order valence-electron chi connectivity index (χ1n) is 7.07. The Balaban J connectivity index is 1.78. The highest BCUT2D eigenvalue weighted by atomic mass is 16.6. The second kappa shape index (κ2) is 5.64. The molecule has 1 aromatic carbocycles. The van der Waals surface area contributed by atoms with Gasteiger partial charge in [-0.15, -0.1) is 0 Å². The first-order chi connectivity index (χ1) is 11.0. The lowest BCUT2D eigenvalue weighted by Gasteiger charge is -2.15. The van der Waals surface area contributed by atoms with Crippen molar-refractivity contribution in [3.8, 4) is 0 Å². The molecular weight excluding hydrogens is 302 g/mol. The maximum Gasteiger partial charge on any atom is 0.270 e. The minimum Gasteiger partial charge on any atom is -0.272 e. The second-order valence-corrected chi connectivity index (χ2v) is 5.42. The number of fused-ring (bicyclic) bond motifs is 1. The van der Waals surface area contributed by atoms with Crippen LogP contribution >= 0.6 is 0 Å². The van der Waals surface area contributed by atoms with Crippen LogP contribution in [-0.2, 0) is 9.59 Å². The van der Waals surface area contributed by atoms with Crippen molar-refractivity contribution in [1.29, 1.82) is 0 Å². The lowest BCUT2D eigenvalue weighted by atomic mass is 9.85. The first-order valence-corrected chi connectivity index (χ1v) is 7.07. The summed E-state index contributed by atoms with van der Waals surface area (Å²) >= 11 is 0. The second-order valence-electron chi connectivity index (χ2n) is 5.42. The number of non-ortho nitro benzene ring substituents is 1. The van der Waals surface area contributed by atoms with E-state index in [4.69, 9.17) is 0 Å². The quantitative estimate of drug-likeness (QED) is 0.390. The number of allylic oxidation sites excluding steroid dienone is 2. The van der Waals surface area contributed by atoms with Crippen molar-refractivity contribution in [2.75, 3.05) is 0 Å². The molecule has 1 heterocycles. The number of rotatable bonds is 3. The molecule has 1 N–H and O–H groups in total. The van der Waals surface area contributed by atoms with Crippen LogP contribution in [0.2, 0.25) is 0 Å². The van der Waals surface area contributed by atoms with Gasteiger partial charge in [-0.25, -0.2) is 0 Å². The van der Waals surface area contributed by atoms with Gasteiger partial charge in [-0.3, -0.25) is 29.9 Å². The smallest absolute Gasteiger partial charge is 0.270 e. The van der Waals surface area contributed by atoms with Gasteiger partial charge in [0.1, 0.15) is 0 Å². The van der Waals surface area contributed by atoms with E-state index in [2.05, 4.69) is 5.43 Å². The van der Waals surface area contributed by atoms with Crippen molar-refractivity contribution in [3.05, 3.63) is 52.1 Å². The summed E-state index contributed by atoms with van der Waals surface area (Å²) in [7, 11) is 0. The molecular formula is C15H13N3O5. The molecule has 8 heteroatoms. The average molecular weight is 315 g/mol. The molecule has 8 nitrogen and oxygen atoms in total. The number of nitrogens with zero attached hydrogens (tertiary/aromatic N) is 2. The van der Waals surface area contributed by atoms with E-state index in [1.807, 2.05) is 12.2 Å². The number of carbonyl (C=O) groups excluding carboxylic acids is 3. The maximum absolute atomic E-state index is 12.2. The number of hydrazine groups is 1. The highest BCUT2D eigenvalue weighted by Crippen LogP contribution is 2.34. The van der Waals surface area contributed by atoms with Crippen LogP contribution in [0.25, 0.3) is 0 Å². The number of hydrogen-bond acceptors (Lipinski definition) is 5. The summed E-state index contributed by atoms with van der Waals surface area (Å²) < 4.78 is 0. The molecule has 2 aliphatic rings. The van der Waals surface area contributed by atoms with E-state index in [1.54, 1.807) is 0 Å². The number of imide groups is 1. The third-order valence-corrected chi connectivity index (χ3v) is 4.04. The van der Waals surface area contributed by atoms with Gasteiger partial charge in [0, 0.05) is 17.7 Å². The van der Waals surface area contributed by atoms with E-state index in [-0.39, 0.29) is 11.3 Å². The zero-order valence-corrected chi connectivity index (χ0v) is 12.0. The van der Waals surface area contributed by atoms with E-state index < -0.39 is 34.5 Å². The van der Waals surface area contributed by atoms with Gasteiger partial charge in [0.05, 0.1) is 16.8 Å². The summed E-state index contributed by atoms with van der Waals surface area (Å²) in [6.07, 6.45) is 4.63. The van der Waals surface area contributed by atoms with Gasteiger partial charge < -0.3 is 0 Å². The monoisotopic (exact) mass is 315 g/mol. The molecule has 1 aliphatic carbocycles. The van der Waals surface area contributed by atoms with Gasteiger partial charge in [0.2, 0.25) is 0 Å². The fraction of sp³-hybridized carbons (Fsp3) is 0.267. The highest BCUT2D eigenvalue weighted by molar-refractivity contribution is 6.08. The number of hydrogen-bond donors (Lipinski definition) is 1. The lowest BCUT2D eigenvalue weighted by molar-refractivity contribution is -0.384. The summed E-state index contributed by atoms with van der Waals surface area (Å²) in [5, 5.41) is 11.5. The number of carbonyl (C=O) groups is 3. The molecule has 1 saturated heterocycles. The normalized spacial score (nSPS) is 22.9. The number of benzene rings is 1. The average Bonchev–Trinajstić information content (AvgIpc) is 2.80. The fourth-order valence-electron chi connectivity index (χ4n) is 2.84. The Morgan fingerprint density at radius 3 is 2.35 bits per heavy atom. The predicted molar refractivity (Wildman–Crippen MR) is 77.8 cm³/mol. The van der Waals surface area contributed by atoms with E-state index >= 15 is 0 Å². The molecule has 3 rings (SSSR count). The SMILES string of the molecule is O=C(NN1C(=O)[C@H]2CC=CC[C@H]2C1=O)c1cccc([N+](=O)[O-])c1. The molecule has 0 spiro atoms. The lowest BCUT2D eigenvalue weighted by Crippen LogP contribution is -2.46. The van der Waals surface area contributed by atoms with Gasteiger partial charge in [-0.1, -0.05) is 18.2 Å². The van der Waals surface area contributed by atoms with E-state index in [9.17, 15) is 24.5 Å². The Morgan fingerprint density at radius 2 is 1.78 bits per heavy atom. The Kier molecular flexibility index (Phi) is 3.65. The zero-order valence-electron chi connectivity index (χ0n) is 12.0. The summed E-state index contributed by atoms with van der Waals surface area (Å²) in [5.41, 5.74) is 2.03. The van der Waals surface area contributed by atoms with Gasteiger partial charge in [0.25, 0.3) is 23.4 Å². The maximum atomic E-state index is 12.2. The Hall–Kier alpha value is -3.03. The van der Waals surface area contributed by atoms with Gasteiger partial charge in [-0.2, -0.15) is 5.01 Å². The minimum atomic E-state index is -0.734. The highest BCUT2D eigenvalue weighted by Gasteiger charge is 2.48. The summed E-state index contributed by atoms with van der Waals surface area (Å²) in [6, 6.07) is 5.09. The Bertz CT molecular complexity index is 716. The summed E-state index contributed by atoms with van der Waals surface area (Å²) in [5.74, 6) is -2.51. The molecule has 2 atom stereocenters. The van der Waals surface area contributed by atoms with Crippen molar-refractivity contribution >= 4 is 23.4 Å². The molecule has 23 heavy (non-hydrogen) atoms. The molecule has 1 fully saturated rings. The van der Waals surface area contributed by atoms with Crippen LogP contribution in [0.4, 0.5) is 5.69 Å². The Morgan fingerprint density at radius 1 is 1.17 bits per heavy atom. The largest absolute Gasteiger partial charge is 0.272 e. The molecule has 3 amide bonds. The van der Waals surface area contributed by atoms with Crippen molar-refractivity contribution in [2.45, 2.75) is 12.8 Å². The van der Waals surface area contributed by atoms with Crippen molar-refractivity contribution in [3.63, 3.8) is 0 Å². The van der Waals surface area contributed by atoms with Crippen molar-refractivity contribution < 1.29 is 19.3 Å². The number of amides is 3. The molecule has 0 saturated carbocycles. The van der Waals surface area contributed by atoms with E-state index in [1.165, 1.54) is 18.2 Å². The molecule has 118 valence electrons. The number of nitro benzene ring substituents is 1. The standard InChI is InChI=1S/C15H13N3O5/c19-13(9-4-3-5-10(8-9)18(22)23)16-17-14(20)11-6-1-2-7-12(11)15(17)21/h1-5,8,11-12H,6-7H2,(H,16,19)/t11-,12+. The van der Waals surface area contributed by atoms with Crippen LogP contribution < -0.4 is 5.43 Å². The predicted octanol–water partition coefficient (Wildman–Crippen LogP) is 1.19. The van der Waals surface area contributed by atoms with Crippen LogP contribution in [0.5, 0.6) is 0 Å². The topological polar surface area (TPSA) is 110 Å². The fourth-order valence-corrected chi connectivity index (χ4v) is 2.84. The van der Waals surface area contributed by atoms with Crippen molar-refractivity contribution in [2.24, 2.45) is 11.8 Å². The first kappa shape index (κ1) is 14.9. The van der Waals surface area contributed by atoms with E-state index in [0.717, 1.165) is 11.1 Å². The van der Waals surface area contributed by atoms with Crippen molar-refractivity contribution in [1.82, 2.24) is 10.4 Å². The molecule has 1 aromatic rings. The number of nitro groups is 1. The van der Waals surface area contributed by atoms with Gasteiger partial charge >= 0.3 is 0 Å². The van der Waals surface area contributed by atoms with Gasteiger partial charge in [0.15, 0.2) is 0 Å². The van der Waals surface area contributed by atoms with Crippen LogP contribution in [0.3, 0.4) is 0 Å². The van der Waals surface area contributed by atoms with Gasteiger partial charge in [-0.05, 0) is 18.9 Å². The Labute approximate surface area is 130 Å². The van der Waals surface area contributed by atoms with Crippen LogP contribution in [0.15, 0.2) is 36.4 Å². The van der Waals surface area contributed by atoms with Crippen LogP contribution in [0.1, 0.15) is 23.2 Å². The van der Waals surface area contributed by atoms with Crippen LogP contribution in [-0.4, -0.2) is 27.7 Å². The molecule has 0 bridgehead atoms. The number of nitrogens with one attached hydrogen (secondary N) is 1. The summed E-state index contributed by atoms with van der Waals surface area (Å²) in [4.78, 5) is 46.8. The minimum absolute atomic E-state index is 0.00722. The third-order valence-electron chi connectivity index (χ3n) is 4.04. The summed E-state index contributed by atoms with van der Waals surface area (Å²) in [6.45, 7) is 0. The molecule has 0 aromatic heterocycles. The zero-order chi connectivity index (χ0) is 16.6. The molecule has 1 aliphatic heterocycles. The molecule has 0 unspecified atom stereocenters. The third kappa shape index (κ3) is 2.59. The molecule has 0 radical (unpaired) electrons. The van der Waals surface area contributed by atoms with Crippen LogP contribution in [0, 0.1) is 22.0 Å².